The molecule has 2 aromatic rings. The fourth-order valence-electron chi connectivity index (χ4n) is 5.47. The molecule has 2 unspecified atom stereocenters. The lowest BCUT2D eigenvalue weighted by Crippen LogP contribution is -2.45. The van der Waals surface area contributed by atoms with E-state index in [2.05, 4.69) is 11.4 Å². The highest BCUT2D eigenvalue weighted by atomic mass is 32.1. The second kappa shape index (κ2) is 11.0. The molecule has 8 nitrogen and oxygen atoms in total. The van der Waals surface area contributed by atoms with Gasteiger partial charge in [-0.15, -0.1) is 11.3 Å². The minimum absolute atomic E-state index is 0.0538. The van der Waals surface area contributed by atoms with Crippen LogP contribution in [-0.2, 0) is 6.54 Å². The van der Waals surface area contributed by atoms with E-state index in [0.29, 0.717) is 38.3 Å². The Morgan fingerprint density at radius 2 is 1.92 bits per heavy atom. The van der Waals surface area contributed by atoms with Gasteiger partial charge in [0.05, 0.1) is 18.2 Å². The number of hydrogen-bond donors (Lipinski definition) is 2. The van der Waals surface area contributed by atoms with Gasteiger partial charge in [-0.2, -0.15) is 0 Å². The number of aromatic nitrogens is 1. The molecule has 9 heteroatoms. The Balaban J connectivity index is 1.14. The molecule has 36 heavy (non-hydrogen) atoms. The number of thiazole rings is 1. The molecule has 0 bridgehead atoms. The van der Waals surface area contributed by atoms with Gasteiger partial charge in [0, 0.05) is 49.1 Å². The Morgan fingerprint density at radius 1 is 1.14 bits per heavy atom. The van der Waals surface area contributed by atoms with Crippen molar-refractivity contribution in [3.8, 4) is 5.75 Å². The van der Waals surface area contributed by atoms with E-state index in [9.17, 15) is 14.7 Å². The van der Waals surface area contributed by atoms with Crippen molar-refractivity contribution in [1.29, 1.82) is 0 Å². The number of carbonyl (C=O) groups is 2. The van der Waals surface area contributed by atoms with Gasteiger partial charge < -0.3 is 25.0 Å². The number of aliphatic hydroxyl groups is 1. The average molecular weight is 511 g/mol. The average Bonchev–Trinajstić information content (AvgIpc) is 3.43. The van der Waals surface area contributed by atoms with E-state index < -0.39 is 0 Å². The molecule has 3 heterocycles. The normalized spacial score (nSPS) is 22.6. The summed E-state index contributed by atoms with van der Waals surface area (Å²) in [4.78, 5) is 34.4. The molecule has 2 atom stereocenters. The molecule has 1 aromatic carbocycles. The molecule has 0 spiro atoms. The summed E-state index contributed by atoms with van der Waals surface area (Å²) in [5, 5.41) is 16.2. The fourth-order valence-corrected chi connectivity index (χ4v) is 6.44. The lowest BCUT2D eigenvalue weighted by molar-refractivity contribution is 0.0413. The Bertz CT molecular complexity index is 1110. The number of rotatable bonds is 5. The molecule has 3 amide bonds. The maximum absolute atomic E-state index is 13.3. The van der Waals surface area contributed by atoms with Gasteiger partial charge in [-0.25, -0.2) is 9.78 Å². The monoisotopic (exact) mass is 510 g/mol. The Hall–Kier alpha value is -2.91. The molecule has 2 fully saturated rings. The highest BCUT2D eigenvalue weighted by Gasteiger charge is 2.37. The van der Waals surface area contributed by atoms with Crippen LogP contribution in [0.3, 0.4) is 0 Å². The molecule has 0 radical (unpaired) electrons. The third-order valence-corrected chi connectivity index (χ3v) is 8.60. The first-order chi connectivity index (χ1) is 17.5. The Labute approximate surface area is 216 Å². The molecule has 1 aliphatic carbocycles. The number of amides is 3. The summed E-state index contributed by atoms with van der Waals surface area (Å²) >= 11 is 1.54. The van der Waals surface area contributed by atoms with Gasteiger partial charge in [0.1, 0.15) is 11.4 Å². The number of methoxy groups -OCH3 is 1. The highest BCUT2D eigenvalue weighted by molar-refractivity contribution is 7.09. The number of carbonyl (C=O) groups excluding carboxylic acids is 2. The van der Waals surface area contributed by atoms with Crippen molar-refractivity contribution in [1.82, 2.24) is 20.1 Å². The van der Waals surface area contributed by atoms with Crippen LogP contribution < -0.4 is 10.1 Å². The molecular weight excluding hydrogens is 476 g/mol. The first-order valence-electron chi connectivity index (χ1n) is 12.8. The largest absolute Gasteiger partial charge is 0.497 e. The van der Waals surface area contributed by atoms with E-state index in [1.165, 1.54) is 0 Å². The number of nitrogens with one attached hydrogen (secondary N) is 1. The van der Waals surface area contributed by atoms with Crippen molar-refractivity contribution < 1.29 is 19.4 Å². The number of aliphatic hydroxyl groups excluding tert-OH is 1. The number of likely N-dealkylation sites (tertiary alicyclic amines) is 2. The molecule has 2 aliphatic heterocycles. The van der Waals surface area contributed by atoms with Crippen LogP contribution in [0, 0.1) is 5.92 Å². The standard InChI is InChI=1S/C27H34N4O4S/c1-35-20-8-6-18(7-9-20)16-28-27(34)30-13-10-19(11-14-30)25-29-22(17-36-25)26(33)31-15-12-24(32)21-4-2-3-5-23(21)31/h5-9,17,19,21,24,32H,2-4,10-16H2,1H3,(H,28,34). The SMILES string of the molecule is COc1ccc(CNC(=O)N2CCC(c3nc(C(=O)N4CCC(O)C5CCCC=C54)cs3)CC2)cc1. The Morgan fingerprint density at radius 3 is 2.67 bits per heavy atom. The van der Waals surface area contributed by atoms with Gasteiger partial charge >= 0.3 is 6.03 Å². The third-order valence-electron chi connectivity index (χ3n) is 7.60. The first-order valence-corrected chi connectivity index (χ1v) is 13.7. The van der Waals surface area contributed by atoms with Crippen molar-refractivity contribution in [2.24, 2.45) is 5.92 Å². The van der Waals surface area contributed by atoms with Crippen LogP contribution in [0.2, 0.25) is 0 Å². The topological polar surface area (TPSA) is 95.0 Å². The maximum Gasteiger partial charge on any atom is 0.317 e. The minimum atomic E-state index is -0.356. The molecule has 192 valence electrons. The number of nitrogens with zero attached hydrogens (tertiary/aromatic N) is 3. The summed E-state index contributed by atoms with van der Waals surface area (Å²) in [5.41, 5.74) is 2.50. The number of allylic oxidation sites excluding steroid dienone is 1. The zero-order chi connectivity index (χ0) is 25.1. The number of ether oxygens (including phenoxy) is 1. The van der Waals surface area contributed by atoms with E-state index in [0.717, 1.165) is 54.1 Å². The summed E-state index contributed by atoms with van der Waals surface area (Å²) in [6.45, 7) is 2.35. The van der Waals surface area contributed by atoms with Crippen LogP contribution in [0.5, 0.6) is 5.75 Å². The van der Waals surface area contributed by atoms with Crippen LogP contribution in [-0.4, -0.2) is 64.7 Å². The smallest absolute Gasteiger partial charge is 0.317 e. The predicted octanol–water partition coefficient (Wildman–Crippen LogP) is 4.13. The van der Waals surface area contributed by atoms with Gasteiger partial charge in [0.2, 0.25) is 0 Å². The lowest BCUT2D eigenvalue weighted by atomic mass is 9.82. The van der Waals surface area contributed by atoms with Crippen molar-refractivity contribution >= 4 is 23.3 Å². The van der Waals surface area contributed by atoms with Crippen LogP contribution in [0.4, 0.5) is 4.79 Å². The van der Waals surface area contributed by atoms with Gasteiger partial charge in [-0.05, 0) is 56.2 Å². The van der Waals surface area contributed by atoms with E-state index in [1.54, 1.807) is 18.4 Å². The number of fused-ring (bicyclic) bond motifs is 1. The maximum atomic E-state index is 13.3. The zero-order valence-corrected chi connectivity index (χ0v) is 21.5. The summed E-state index contributed by atoms with van der Waals surface area (Å²) in [7, 11) is 1.63. The van der Waals surface area contributed by atoms with Crippen molar-refractivity contribution in [2.45, 2.75) is 57.1 Å². The Kier molecular flexibility index (Phi) is 7.57. The van der Waals surface area contributed by atoms with Gasteiger partial charge in [-0.1, -0.05) is 18.2 Å². The quantitative estimate of drug-likeness (QED) is 0.631. The van der Waals surface area contributed by atoms with E-state index in [1.807, 2.05) is 39.4 Å². The van der Waals surface area contributed by atoms with Crippen molar-refractivity contribution in [2.75, 3.05) is 26.7 Å². The molecular formula is C27H34N4O4S. The van der Waals surface area contributed by atoms with E-state index in [-0.39, 0.29) is 29.9 Å². The third kappa shape index (κ3) is 5.27. The summed E-state index contributed by atoms with van der Waals surface area (Å²) in [6, 6.07) is 7.62. The predicted molar refractivity (Wildman–Crippen MR) is 138 cm³/mol. The van der Waals surface area contributed by atoms with Crippen molar-refractivity contribution in [3.63, 3.8) is 0 Å². The lowest BCUT2D eigenvalue weighted by Gasteiger charge is -2.40. The highest BCUT2D eigenvalue weighted by Crippen LogP contribution is 2.37. The number of benzene rings is 1. The second-order valence-corrected chi connectivity index (χ2v) is 10.7. The van der Waals surface area contributed by atoms with Crippen LogP contribution in [0.25, 0.3) is 0 Å². The van der Waals surface area contributed by atoms with Gasteiger partial charge in [0.25, 0.3) is 5.91 Å². The van der Waals surface area contributed by atoms with Gasteiger partial charge in [-0.3, -0.25) is 4.79 Å². The van der Waals surface area contributed by atoms with Crippen molar-refractivity contribution in [3.05, 3.63) is 57.7 Å². The van der Waals surface area contributed by atoms with Crippen LogP contribution >= 0.6 is 11.3 Å². The minimum Gasteiger partial charge on any atom is -0.497 e. The molecule has 1 aromatic heterocycles. The fraction of sp³-hybridized carbons (Fsp3) is 0.519. The summed E-state index contributed by atoms with van der Waals surface area (Å²) in [5.74, 6) is 1.06. The summed E-state index contributed by atoms with van der Waals surface area (Å²) in [6.07, 6.45) is 7.00. The first kappa shape index (κ1) is 24.8. The molecule has 2 saturated heterocycles. The molecule has 2 N–H and O–H groups in total. The molecule has 0 saturated carbocycles. The van der Waals surface area contributed by atoms with Crippen LogP contribution in [0.15, 0.2) is 41.4 Å². The van der Waals surface area contributed by atoms with Gasteiger partial charge in [0.15, 0.2) is 0 Å². The van der Waals surface area contributed by atoms with Crippen LogP contribution in [0.1, 0.15) is 65.5 Å². The second-order valence-electron chi connectivity index (χ2n) is 9.82. The molecule has 3 aliphatic rings. The number of urea groups is 1. The molecule has 5 rings (SSSR count). The summed E-state index contributed by atoms with van der Waals surface area (Å²) < 4.78 is 5.17. The number of piperidine rings is 2. The zero-order valence-electron chi connectivity index (χ0n) is 20.7. The van der Waals surface area contributed by atoms with E-state index >= 15 is 0 Å². The van der Waals surface area contributed by atoms with E-state index in [4.69, 9.17) is 9.72 Å². The number of hydrogen-bond acceptors (Lipinski definition) is 6.